The molecule has 0 fully saturated rings. The zero-order valence-corrected chi connectivity index (χ0v) is 13.1. The molecule has 122 valence electrons. The minimum absolute atomic E-state index is 0.422. The van der Waals surface area contributed by atoms with Crippen LogP contribution in [-0.2, 0) is 17.3 Å². The number of rotatable bonds is 3. The van der Waals surface area contributed by atoms with Gasteiger partial charge >= 0.3 is 12.3 Å². The minimum Gasteiger partial charge on any atom is -0.443 e. The largest absolute Gasteiger partial charge is 0.443 e. The monoisotopic (exact) mass is 315 g/mol. The van der Waals surface area contributed by atoms with Crippen molar-refractivity contribution in [1.29, 1.82) is 0 Å². The summed E-state index contributed by atoms with van der Waals surface area (Å²) in [6.45, 7) is 5.31. The normalized spacial score (nSPS) is 12.5. The molecule has 3 nitrogen and oxygen atoms in total. The lowest BCUT2D eigenvalue weighted by Gasteiger charge is -2.22. The maximum atomic E-state index is 12.4. The topological polar surface area (TPSA) is 29.5 Å². The first-order valence-corrected chi connectivity index (χ1v) is 6.77. The van der Waals surface area contributed by atoms with Crippen molar-refractivity contribution >= 4 is 6.09 Å². The van der Waals surface area contributed by atoms with Crippen LogP contribution >= 0.6 is 0 Å². The van der Waals surface area contributed by atoms with E-state index in [1.165, 1.54) is 23.2 Å². The van der Waals surface area contributed by atoms with Gasteiger partial charge in [0.2, 0.25) is 0 Å². The molecule has 0 aliphatic rings. The van der Waals surface area contributed by atoms with Crippen molar-refractivity contribution in [1.82, 2.24) is 4.90 Å². The van der Waals surface area contributed by atoms with Gasteiger partial charge in [-0.3, -0.25) is 4.90 Å². The zero-order valence-electron chi connectivity index (χ0n) is 13.1. The lowest BCUT2D eigenvalue weighted by Crippen LogP contribution is -2.31. The summed E-state index contributed by atoms with van der Waals surface area (Å²) in [5.74, 6) is 0. The second-order valence-electron chi connectivity index (χ2n) is 5.87. The molecular formula is C16H20F3NO2. The maximum Gasteiger partial charge on any atom is 0.416 e. The van der Waals surface area contributed by atoms with Crippen LogP contribution in [0.15, 0.2) is 36.5 Å². The molecular weight excluding hydrogens is 295 g/mol. The summed E-state index contributed by atoms with van der Waals surface area (Å²) in [6, 6.07) is 4.92. The van der Waals surface area contributed by atoms with Crippen LogP contribution in [0, 0.1) is 0 Å². The Hall–Kier alpha value is -1.98. The van der Waals surface area contributed by atoms with Crippen LogP contribution in [0.2, 0.25) is 0 Å². The molecule has 0 atom stereocenters. The number of allylic oxidation sites excluding steroid dienone is 1. The molecule has 0 saturated heterocycles. The summed E-state index contributed by atoms with van der Waals surface area (Å²) < 4.78 is 42.5. The van der Waals surface area contributed by atoms with E-state index in [0.29, 0.717) is 6.42 Å². The second kappa shape index (κ2) is 6.85. The quantitative estimate of drug-likeness (QED) is 0.814. The van der Waals surface area contributed by atoms with Crippen molar-refractivity contribution in [2.75, 3.05) is 7.05 Å². The summed E-state index contributed by atoms with van der Waals surface area (Å²) in [5, 5.41) is 0. The molecule has 6 heteroatoms. The van der Waals surface area contributed by atoms with Crippen LogP contribution < -0.4 is 0 Å². The first-order valence-electron chi connectivity index (χ1n) is 6.77. The maximum absolute atomic E-state index is 12.4. The van der Waals surface area contributed by atoms with Crippen molar-refractivity contribution in [2.24, 2.45) is 0 Å². The highest BCUT2D eigenvalue weighted by Gasteiger charge is 2.29. The van der Waals surface area contributed by atoms with Crippen LogP contribution in [-0.4, -0.2) is 23.6 Å². The lowest BCUT2D eigenvalue weighted by molar-refractivity contribution is -0.137. The average Bonchev–Trinajstić information content (AvgIpc) is 2.36. The van der Waals surface area contributed by atoms with Crippen LogP contribution in [0.4, 0.5) is 18.0 Å². The molecule has 0 bridgehead atoms. The van der Waals surface area contributed by atoms with Crippen LogP contribution in [0.1, 0.15) is 31.9 Å². The fraction of sp³-hybridized carbons (Fsp3) is 0.438. The third kappa shape index (κ3) is 6.20. The molecule has 0 radical (unpaired) electrons. The van der Waals surface area contributed by atoms with Gasteiger partial charge in [0.15, 0.2) is 0 Å². The minimum atomic E-state index is -4.33. The number of carbonyl (C=O) groups is 1. The standard InChI is InChI=1S/C16H20F3NO2/c1-15(2,3)22-14(21)20(4)11-5-6-12-7-9-13(10-8-12)16(17,18)19/h5,7-11H,6H2,1-4H3/b11-5+. The number of ether oxygens (including phenoxy) is 1. The number of alkyl halides is 3. The average molecular weight is 315 g/mol. The van der Waals surface area contributed by atoms with Crippen molar-refractivity contribution in [3.8, 4) is 0 Å². The van der Waals surface area contributed by atoms with E-state index >= 15 is 0 Å². The molecule has 0 spiro atoms. The summed E-state index contributed by atoms with van der Waals surface area (Å²) in [5.41, 5.74) is -0.528. The number of hydrogen-bond donors (Lipinski definition) is 0. The molecule has 1 aromatic carbocycles. The fourth-order valence-electron chi connectivity index (χ4n) is 1.57. The van der Waals surface area contributed by atoms with E-state index in [2.05, 4.69) is 0 Å². The molecule has 1 aromatic rings. The van der Waals surface area contributed by atoms with Crippen LogP contribution in [0.5, 0.6) is 0 Å². The molecule has 0 aliphatic carbocycles. The molecule has 0 aromatic heterocycles. The number of halogens is 3. The van der Waals surface area contributed by atoms with Gasteiger partial charge in [-0.15, -0.1) is 0 Å². The van der Waals surface area contributed by atoms with E-state index in [9.17, 15) is 18.0 Å². The molecule has 0 aliphatic heterocycles. The second-order valence-corrected chi connectivity index (χ2v) is 5.87. The first-order chi connectivity index (χ1) is 9.99. The number of hydrogen-bond acceptors (Lipinski definition) is 2. The van der Waals surface area contributed by atoms with Gasteiger partial charge in [-0.05, 0) is 44.9 Å². The lowest BCUT2D eigenvalue weighted by atomic mass is 10.1. The van der Waals surface area contributed by atoms with E-state index in [1.54, 1.807) is 33.9 Å². The van der Waals surface area contributed by atoms with E-state index in [0.717, 1.165) is 17.7 Å². The Morgan fingerprint density at radius 2 is 1.73 bits per heavy atom. The molecule has 0 unspecified atom stereocenters. The molecule has 0 heterocycles. The smallest absolute Gasteiger partial charge is 0.416 e. The summed E-state index contributed by atoms with van der Waals surface area (Å²) in [7, 11) is 1.55. The Morgan fingerprint density at radius 1 is 1.18 bits per heavy atom. The molecule has 1 rings (SSSR count). The molecule has 1 amide bonds. The number of benzene rings is 1. The molecule has 22 heavy (non-hydrogen) atoms. The Balaban J connectivity index is 2.57. The van der Waals surface area contributed by atoms with Crippen molar-refractivity contribution in [3.05, 3.63) is 47.7 Å². The highest BCUT2D eigenvalue weighted by molar-refractivity contribution is 5.68. The first kappa shape index (κ1) is 18.1. The van der Waals surface area contributed by atoms with Gasteiger partial charge < -0.3 is 4.74 Å². The van der Waals surface area contributed by atoms with E-state index in [1.807, 2.05) is 0 Å². The van der Waals surface area contributed by atoms with E-state index in [-0.39, 0.29) is 0 Å². The SMILES string of the molecule is CN(/C=C/Cc1ccc(C(F)(F)F)cc1)C(=O)OC(C)(C)C. The van der Waals surface area contributed by atoms with Gasteiger partial charge in [0.05, 0.1) is 5.56 Å². The summed E-state index contributed by atoms with van der Waals surface area (Å²) in [6.07, 6.45) is -1.18. The zero-order chi connectivity index (χ0) is 17.0. The molecule has 0 N–H and O–H groups in total. The van der Waals surface area contributed by atoms with Gasteiger partial charge in [0.1, 0.15) is 5.60 Å². The molecule has 0 saturated carbocycles. The van der Waals surface area contributed by atoms with Crippen molar-refractivity contribution < 1.29 is 22.7 Å². The Bertz CT molecular complexity index is 528. The van der Waals surface area contributed by atoms with Gasteiger partial charge in [0.25, 0.3) is 0 Å². The van der Waals surface area contributed by atoms with Crippen LogP contribution in [0.25, 0.3) is 0 Å². The fourth-order valence-corrected chi connectivity index (χ4v) is 1.57. The highest BCUT2D eigenvalue weighted by atomic mass is 19.4. The van der Waals surface area contributed by atoms with E-state index < -0.39 is 23.4 Å². The number of nitrogens with zero attached hydrogens (tertiary/aromatic N) is 1. The third-order valence-electron chi connectivity index (χ3n) is 2.65. The van der Waals surface area contributed by atoms with E-state index in [4.69, 9.17) is 4.74 Å². The highest BCUT2D eigenvalue weighted by Crippen LogP contribution is 2.29. The predicted octanol–water partition coefficient (Wildman–Crippen LogP) is 4.63. The Labute approximate surface area is 128 Å². The Morgan fingerprint density at radius 3 is 2.18 bits per heavy atom. The van der Waals surface area contributed by atoms with Gasteiger partial charge in [-0.25, -0.2) is 4.79 Å². The third-order valence-corrected chi connectivity index (χ3v) is 2.65. The number of amides is 1. The van der Waals surface area contributed by atoms with Crippen molar-refractivity contribution in [3.63, 3.8) is 0 Å². The van der Waals surface area contributed by atoms with Crippen molar-refractivity contribution in [2.45, 2.75) is 39.0 Å². The van der Waals surface area contributed by atoms with Gasteiger partial charge in [-0.1, -0.05) is 18.2 Å². The Kier molecular flexibility index (Phi) is 5.63. The van der Waals surface area contributed by atoms with Crippen LogP contribution in [0.3, 0.4) is 0 Å². The number of carbonyl (C=O) groups excluding carboxylic acids is 1. The van der Waals surface area contributed by atoms with Gasteiger partial charge in [0, 0.05) is 13.2 Å². The summed E-state index contributed by atoms with van der Waals surface area (Å²) in [4.78, 5) is 13.0. The van der Waals surface area contributed by atoms with Gasteiger partial charge in [-0.2, -0.15) is 13.2 Å². The summed E-state index contributed by atoms with van der Waals surface area (Å²) >= 11 is 0. The predicted molar refractivity (Wildman–Crippen MR) is 78.3 cm³/mol.